The maximum absolute atomic E-state index is 14.9. The van der Waals surface area contributed by atoms with E-state index in [2.05, 4.69) is 10.2 Å². The Morgan fingerprint density at radius 2 is 1.73 bits per heavy atom. The summed E-state index contributed by atoms with van der Waals surface area (Å²) in [6.45, 7) is 6.73. The molecule has 1 aliphatic heterocycles. The van der Waals surface area contributed by atoms with E-state index in [0.29, 0.717) is 37.4 Å². The number of hydrogen-bond donors (Lipinski definition) is 1. The first kappa shape index (κ1) is 20.7. The first-order valence-electron chi connectivity index (χ1n) is 10.1. The highest BCUT2D eigenvalue weighted by Gasteiger charge is 2.32. The first-order chi connectivity index (χ1) is 14.6. The fourth-order valence-corrected chi connectivity index (χ4v) is 4.99. The third-order valence-corrected chi connectivity index (χ3v) is 6.72. The summed E-state index contributed by atoms with van der Waals surface area (Å²) in [5, 5.41) is 3.87. The van der Waals surface area contributed by atoms with Gasteiger partial charge in [-0.25, -0.2) is 4.39 Å². The van der Waals surface area contributed by atoms with Gasteiger partial charge < -0.3 is 10.1 Å². The largest absolute Gasteiger partial charge is 0.379 e. The van der Waals surface area contributed by atoms with Crippen LogP contribution in [-0.2, 0) is 4.74 Å². The quantitative estimate of drug-likeness (QED) is 0.614. The standard InChI is InChI=1S/C24H25FN2O2S/c1-16-17(2)30-24(26-23(28)18-8-4-3-5-9-18)21(16)22(27-12-14-29-15-13-27)19-10-6-7-11-20(19)25/h3-11,22H,12-15H2,1-2H3,(H,26,28)/t22-/m1/s1. The second kappa shape index (κ2) is 9.08. The number of ether oxygens (including phenoxy) is 1. The Morgan fingerprint density at radius 1 is 1.07 bits per heavy atom. The van der Waals surface area contributed by atoms with Crippen LogP contribution < -0.4 is 5.32 Å². The molecule has 0 unspecified atom stereocenters. The predicted molar refractivity (Wildman–Crippen MR) is 119 cm³/mol. The summed E-state index contributed by atoms with van der Waals surface area (Å²) in [6.07, 6.45) is 0. The van der Waals surface area contributed by atoms with E-state index < -0.39 is 0 Å². The van der Waals surface area contributed by atoms with Gasteiger partial charge in [-0.2, -0.15) is 0 Å². The maximum atomic E-state index is 14.9. The summed E-state index contributed by atoms with van der Waals surface area (Å²) in [4.78, 5) is 16.2. The van der Waals surface area contributed by atoms with E-state index in [1.807, 2.05) is 44.2 Å². The van der Waals surface area contributed by atoms with Crippen LogP contribution in [0.5, 0.6) is 0 Å². The molecule has 0 bridgehead atoms. The van der Waals surface area contributed by atoms with Gasteiger partial charge in [0.25, 0.3) is 5.91 Å². The number of nitrogens with zero attached hydrogens (tertiary/aromatic N) is 1. The van der Waals surface area contributed by atoms with Crippen molar-refractivity contribution in [1.29, 1.82) is 0 Å². The third kappa shape index (κ3) is 4.17. The fourth-order valence-electron chi connectivity index (χ4n) is 3.90. The van der Waals surface area contributed by atoms with Gasteiger partial charge in [-0.3, -0.25) is 9.69 Å². The van der Waals surface area contributed by atoms with Gasteiger partial charge in [0.2, 0.25) is 0 Å². The van der Waals surface area contributed by atoms with Crippen LogP contribution >= 0.6 is 11.3 Å². The lowest BCUT2D eigenvalue weighted by Gasteiger charge is -2.35. The number of morpholine rings is 1. The minimum atomic E-state index is -0.286. The predicted octanol–water partition coefficient (Wildman–Crippen LogP) is 5.18. The molecule has 4 nitrogen and oxygen atoms in total. The zero-order valence-electron chi connectivity index (χ0n) is 17.2. The number of benzene rings is 2. The number of carbonyl (C=O) groups is 1. The fraction of sp³-hybridized carbons (Fsp3) is 0.292. The second-order valence-electron chi connectivity index (χ2n) is 7.42. The Hall–Kier alpha value is -2.54. The molecule has 2 heterocycles. The summed E-state index contributed by atoms with van der Waals surface area (Å²) in [6, 6.07) is 15.8. The van der Waals surface area contributed by atoms with Crippen molar-refractivity contribution in [2.24, 2.45) is 0 Å². The van der Waals surface area contributed by atoms with Crippen LogP contribution in [0.2, 0.25) is 0 Å². The third-order valence-electron chi connectivity index (χ3n) is 5.58. The first-order valence-corrected chi connectivity index (χ1v) is 10.9. The molecule has 1 aromatic heterocycles. The molecule has 30 heavy (non-hydrogen) atoms. The van der Waals surface area contributed by atoms with E-state index in [9.17, 15) is 9.18 Å². The SMILES string of the molecule is Cc1sc(NC(=O)c2ccccc2)c([C@@H](c2ccccc2F)N2CCOCC2)c1C. The van der Waals surface area contributed by atoms with Crippen LogP contribution in [0.4, 0.5) is 9.39 Å². The molecule has 1 saturated heterocycles. The molecule has 0 aliphatic carbocycles. The molecule has 2 aromatic carbocycles. The van der Waals surface area contributed by atoms with Crippen molar-refractivity contribution in [1.82, 2.24) is 4.90 Å². The van der Waals surface area contributed by atoms with Crippen LogP contribution in [0.3, 0.4) is 0 Å². The van der Waals surface area contributed by atoms with E-state index in [1.54, 1.807) is 29.5 Å². The smallest absolute Gasteiger partial charge is 0.256 e. The Bertz CT molecular complexity index is 1030. The van der Waals surface area contributed by atoms with Crippen molar-refractivity contribution in [3.05, 3.63) is 87.5 Å². The van der Waals surface area contributed by atoms with Gasteiger partial charge in [-0.05, 0) is 37.6 Å². The van der Waals surface area contributed by atoms with Crippen LogP contribution in [0.1, 0.15) is 38.0 Å². The normalized spacial score (nSPS) is 15.7. The lowest BCUT2D eigenvalue weighted by atomic mass is 9.94. The van der Waals surface area contributed by atoms with Gasteiger partial charge in [-0.1, -0.05) is 36.4 Å². The van der Waals surface area contributed by atoms with Crippen LogP contribution in [0.15, 0.2) is 54.6 Å². The van der Waals surface area contributed by atoms with Crippen molar-refractivity contribution >= 4 is 22.2 Å². The highest BCUT2D eigenvalue weighted by Crippen LogP contribution is 2.43. The molecular weight excluding hydrogens is 399 g/mol. The van der Waals surface area contributed by atoms with Crippen LogP contribution in [0, 0.1) is 19.7 Å². The van der Waals surface area contributed by atoms with Crippen molar-refractivity contribution in [3.8, 4) is 0 Å². The highest BCUT2D eigenvalue weighted by atomic mass is 32.1. The number of amides is 1. The van der Waals surface area contributed by atoms with Crippen LogP contribution in [0.25, 0.3) is 0 Å². The molecule has 156 valence electrons. The topological polar surface area (TPSA) is 41.6 Å². The van der Waals surface area contributed by atoms with Gasteiger partial charge in [0.1, 0.15) is 10.8 Å². The molecule has 1 N–H and O–H groups in total. The molecule has 0 radical (unpaired) electrons. The van der Waals surface area contributed by atoms with E-state index in [1.165, 1.54) is 6.07 Å². The number of carbonyl (C=O) groups excluding carboxylic acids is 1. The molecule has 1 fully saturated rings. The molecule has 4 rings (SSSR count). The van der Waals surface area contributed by atoms with E-state index in [-0.39, 0.29) is 17.8 Å². The lowest BCUT2D eigenvalue weighted by Crippen LogP contribution is -2.40. The Morgan fingerprint density at radius 3 is 2.43 bits per heavy atom. The van der Waals surface area contributed by atoms with Crippen molar-refractivity contribution < 1.29 is 13.9 Å². The number of halogens is 1. The zero-order valence-corrected chi connectivity index (χ0v) is 18.0. The summed E-state index contributed by atoms with van der Waals surface area (Å²) in [5.74, 6) is -0.398. The number of hydrogen-bond acceptors (Lipinski definition) is 4. The molecule has 0 saturated carbocycles. The highest BCUT2D eigenvalue weighted by molar-refractivity contribution is 7.16. The van der Waals surface area contributed by atoms with Crippen molar-refractivity contribution in [2.45, 2.75) is 19.9 Å². The number of rotatable bonds is 5. The van der Waals surface area contributed by atoms with Crippen LogP contribution in [-0.4, -0.2) is 37.1 Å². The summed E-state index contributed by atoms with van der Waals surface area (Å²) < 4.78 is 20.5. The van der Waals surface area contributed by atoms with E-state index in [0.717, 1.165) is 21.0 Å². The summed E-state index contributed by atoms with van der Waals surface area (Å²) in [7, 11) is 0. The minimum absolute atomic E-state index is 0.160. The zero-order chi connectivity index (χ0) is 21.1. The van der Waals surface area contributed by atoms with Gasteiger partial charge in [-0.15, -0.1) is 11.3 Å². The molecule has 0 spiro atoms. The second-order valence-corrected chi connectivity index (χ2v) is 8.64. The molecular formula is C24H25FN2O2S. The molecule has 1 atom stereocenters. The number of aryl methyl sites for hydroxylation is 1. The van der Waals surface area contributed by atoms with E-state index in [4.69, 9.17) is 4.74 Å². The maximum Gasteiger partial charge on any atom is 0.256 e. The molecule has 1 aliphatic rings. The number of nitrogens with one attached hydrogen (secondary N) is 1. The number of anilines is 1. The molecule has 1 amide bonds. The minimum Gasteiger partial charge on any atom is -0.379 e. The van der Waals surface area contributed by atoms with Crippen molar-refractivity contribution in [2.75, 3.05) is 31.6 Å². The monoisotopic (exact) mass is 424 g/mol. The average molecular weight is 425 g/mol. The average Bonchev–Trinajstić information content (AvgIpc) is 3.04. The molecule has 6 heteroatoms. The summed E-state index contributed by atoms with van der Waals surface area (Å²) in [5.41, 5.74) is 3.27. The number of thiophene rings is 1. The molecule has 3 aromatic rings. The van der Waals surface area contributed by atoms with E-state index >= 15 is 0 Å². The Labute approximate surface area is 180 Å². The van der Waals surface area contributed by atoms with Crippen molar-refractivity contribution in [3.63, 3.8) is 0 Å². The van der Waals surface area contributed by atoms with Gasteiger partial charge >= 0.3 is 0 Å². The Kier molecular flexibility index (Phi) is 6.27. The summed E-state index contributed by atoms with van der Waals surface area (Å²) >= 11 is 1.54. The van der Waals surface area contributed by atoms with Gasteiger partial charge in [0.15, 0.2) is 0 Å². The lowest BCUT2D eigenvalue weighted by molar-refractivity contribution is 0.0234. The van der Waals surface area contributed by atoms with Gasteiger partial charge in [0, 0.05) is 34.7 Å². The van der Waals surface area contributed by atoms with Gasteiger partial charge in [0.05, 0.1) is 19.3 Å². The Balaban J connectivity index is 1.79.